The third kappa shape index (κ3) is 7.34. The van der Waals surface area contributed by atoms with E-state index in [9.17, 15) is 0 Å². The molecule has 0 saturated carbocycles. The van der Waals surface area contributed by atoms with Crippen molar-refractivity contribution in [2.24, 2.45) is 4.99 Å². The van der Waals surface area contributed by atoms with E-state index in [1.165, 1.54) is 22.3 Å². The van der Waals surface area contributed by atoms with Crippen LogP contribution in [0, 0.1) is 27.7 Å². The number of thiocarbonyl (C=S) groups is 1. The Bertz CT molecular complexity index is 1450. The largest absolute Gasteiger partial charge is 0.340 e. The molecule has 2 heterocycles. The maximum atomic E-state index is 5.70. The summed E-state index contributed by atoms with van der Waals surface area (Å²) in [5, 5.41) is 7.05. The van der Waals surface area contributed by atoms with Crippen LogP contribution in [0.3, 0.4) is 0 Å². The summed E-state index contributed by atoms with van der Waals surface area (Å²) in [5.74, 6) is 1.16. The number of rotatable bonds is 5. The number of aromatic nitrogens is 2. The number of guanidine groups is 1. The number of hydrogen-bond acceptors (Lipinski definition) is 4. The van der Waals surface area contributed by atoms with E-state index in [0.717, 1.165) is 43.3 Å². The maximum Gasteiger partial charge on any atom is 0.229 e. The topological polar surface area (TPSA) is 68.7 Å². The first-order valence-electron chi connectivity index (χ1n) is 14.0. The number of benzene rings is 3. The maximum absolute atomic E-state index is 5.70. The van der Waals surface area contributed by atoms with E-state index >= 15 is 0 Å². The fraction of sp³-hybridized carbons (Fsp3) is 0.273. The molecule has 0 radical (unpaired) electrons. The highest BCUT2D eigenvalue weighted by Gasteiger charge is 2.28. The second-order valence-electron chi connectivity index (χ2n) is 10.5. The Labute approximate surface area is 248 Å². The van der Waals surface area contributed by atoms with E-state index < -0.39 is 0 Å². The summed E-state index contributed by atoms with van der Waals surface area (Å²) >= 11 is 5.70. The van der Waals surface area contributed by atoms with Crippen molar-refractivity contribution in [3.8, 4) is 0 Å². The molecule has 8 heteroatoms. The number of anilines is 2. The fourth-order valence-electron chi connectivity index (χ4n) is 5.20. The minimum Gasteiger partial charge on any atom is -0.340 e. The molecule has 3 aromatic carbocycles. The van der Waals surface area contributed by atoms with Crippen molar-refractivity contribution in [3.63, 3.8) is 0 Å². The van der Waals surface area contributed by atoms with Gasteiger partial charge in [-0.2, -0.15) is 4.99 Å². The van der Waals surface area contributed by atoms with E-state index in [1.54, 1.807) is 0 Å². The molecule has 5 rings (SSSR count). The molecule has 1 fully saturated rings. The first-order chi connectivity index (χ1) is 19.9. The first-order valence-corrected chi connectivity index (χ1v) is 14.4. The Hall–Kier alpha value is -4.14. The minimum atomic E-state index is 0.183. The van der Waals surface area contributed by atoms with E-state index in [-0.39, 0.29) is 6.04 Å². The molecule has 0 unspecified atom stereocenters. The van der Waals surface area contributed by atoms with Crippen LogP contribution in [0.2, 0.25) is 0 Å². The zero-order valence-corrected chi connectivity index (χ0v) is 24.9. The molecule has 0 atom stereocenters. The molecule has 2 N–H and O–H groups in total. The predicted molar refractivity (Wildman–Crippen MR) is 173 cm³/mol. The predicted octanol–water partition coefficient (Wildman–Crippen LogP) is 6.28. The van der Waals surface area contributed by atoms with Crippen molar-refractivity contribution in [2.75, 3.05) is 36.8 Å². The summed E-state index contributed by atoms with van der Waals surface area (Å²) in [4.78, 5) is 18.8. The fourth-order valence-corrected chi connectivity index (χ4v) is 5.41. The molecule has 0 amide bonds. The highest BCUT2D eigenvalue weighted by atomic mass is 32.1. The molecule has 4 aromatic rings. The van der Waals surface area contributed by atoms with Gasteiger partial charge in [-0.15, -0.1) is 0 Å². The van der Waals surface area contributed by atoms with Crippen LogP contribution >= 0.6 is 12.2 Å². The molecule has 0 spiro atoms. The lowest BCUT2D eigenvalue weighted by Crippen LogP contribution is -2.52. The molecule has 1 saturated heterocycles. The lowest BCUT2D eigenvalue weighted by Gasteiger charge is -2.40. The minimum absolute atomic E-state index is 0.183. The molecular formula is C33H37N7S. The Kier molecular flexibility index (Phi) is 9.01. The normalized spacial score (nSPS) is 14.3. The Morgan fingerprint density at radius 3 is 1.88 bits per heavy atom. The van der Waals surface area contributed by atoms with Gasteiger partial charge in [0.25, 0.3) is 0 Å². The molecule has 1 aliphatic heterocycles. The summed E-state index contributed by atoms with van der Waals surface area (Å²) in [6, 6.07) is 29.8. The number of aryl methyl sites for hydroxylation is 4. The van der Waals surface area contributed by atoms with Gasteiger partial charge in [0.2, 0.25) is 17.0 Å². The van der Waals surface area contributed by atoms with Crippen molar-refractivity contribution < 1.29 is 0 Å². The second kappa shape index (κ2) is 13.0. The van der Waals surface area contributed by atoms with Gasteiger partial charge in [-0.3, -0.25) is 10.2 Å². The van der Waals surface area contributed by atoms with Crippen LogP contribution in [0.15, 0.2) is 89.9 Å². The van der Waals surface area contributed by atoms with Gasteiger partial charge in [0.05, 0.1) is 6.04 Å². The van der Waals surface area contributed by atoms with Crippen LogP contribution < -0.4 is 10.6 Å². The van der Waals surface area contributed by atoms with E-state index in [4.69, 9.17) is 17.2 Å². The van der Waals surface area contributed by atoms with E-state index in [1.807, 2.05) is 26.0 Å². The third-order valence-electron chi connectivity index (χ3n) is 7.38. The van der Waals surface area contributed by atoms with Gasteiger partial charge in [0.1, 0.15) is 0 Å². The zero-order valence-electron chi connectivity index (χ0n) is 24.1. The van der Waals surface area contributed by atoms with Crippen LogP contribution in [0.1, 0.15) is 39.7 Å². The summed E-state index contributed by atoms with van der Waals surface area (Å²) in [5.41, 5.74) is 7.74. The quantitative estimate of drug-likeness (QED) is 0.168. The van der Waals surface area contributed by atoms with Crippen molar-refractivity contribution >= 4 is 34.9 Å². The third-order valence-corrected chi connectivity index (χ3v) is 7.57. The summed E-state index contributed by atoms with van der Waals surface area (Å²) in [7, 11) is 0. The lowest BCUT2D eigenvalue weighted by molar-refractivity contribution is 0.150. The number of nitrogens with one attached hydrogen (secondary N) is 2. The van der Waals surface area contributed by atoms with Crippen LogP contribution in [0.4, 0.5) is 11.6 Å². The van der Waals surface area contributed by atoms with Crippen LogP contribution in [-0.4, -0.2) is 57.0 Å². The SMILES string of the molecule is Cc1cc(C)nc(N/C(=N/C(=S)Nc2ccc(C)c(C)c2)N2CCN(C(c3ccccc3)c3ccccc3)CC2)n1. The first kappa shape index (κ1) is 28.4. The van der Waals surface area contributed by atoms with Gasteiger partial charge < -0.3 is 10.2 Å². The van der Waals surface area contributed by atoms with Gasteiger partial charge in [0, 0.05) is 43.3 Å². The molecule has 210 valence electrons. The Morgan fingerprint density at radius 2 is 1.32 bits per heavy atom. The molecule has 7 nitrogen and oxygen atoms in total. The molecule has 0 aliphatic carbocycles. The molecular weight excluding hydrogens is 526 g/mol. The molecule has 41 heavy (non-hydrogen) atoms. The van der Waals surface area contributed by atoms with E-state index in [0.29, 0.717) is 17.0 Å². The van der Waals surface area contributed by atoms with Crippen LogP contribution in [-0.2, 0) is 0 Å². The number of nitrogens with zero attached hydrogens (tertiary/aromatic N) is 5. The average Bonchev–Trinajstić information content (AvgIpc) is 2.96. The Morgan fingerprint density at radius 1 is 0.732 bits per heavy atom. The van der Waals surface area contributed by atoms with E-state index in [2.05, 4.69) is 117 Å². The number of aliphatic imine (C=N–C) groups is 1. The highest BCUT2D eigenvalue weighted by Crippen LogP contribution is 2.29. The monoisotopic (exact) mass is 563 g/mol. The zero-order chi connectivity index (χ0) is 28.8. The number of piperazine rings is 1. The van der Waals surface area contributed by atoms with Gasteiger partial charge >= 0.3 is 0 Å². The average molecular weight is 564 g/mol. The highest BCUT2D eigenvalue weighted by molar-refractivity contribution is 7.80. The smallest absolute Gasteiger partial charge is 0.229 e. The van der Waals surface area contributed by atoms with Gasteiger partial charge in [-0.1, -0.05) is 66.7 Å². The number of hydrogen-bond donors (Lipinski definition) is 2. The molecule has 1 aromatic heterocycles. The molecule has 0 bridgehead atoms. The summed E-state index contributed by atoms with van der Waals surface area (Å²) in [6.45, 7) is 11.4. The van der Waals surface area contributed by atoms with Gasteiger partial charge in [-0.25, -0.2) is 9.97 Å². The van der Waals surface area contributed by atoms with Crippen molar-refractivity contribution in [2.45, 2.75) is 33.7 Å². The van der Waals surface area contributed by atoms with Gasteiger partial charge in [-0.05, 0) is 80.4 Å². The second-order valence-corrected chi connectivity index (χ2v) is 10.9. The van der Waals surface area contributed by atoms with Crippen molar-refractivity contribution in [1.82, 2.24) is 19.8 Å². The van der Waals surface area contributed by atoms with Gasteiger partial charge in [0.15, 0.2) is 0 Å². The summed E-state index contributed by atoms with van der Waals surface area (Å²) < 4.78 is 0. The summed E-state index contributed by atoms with van der Waals surface area (Å²) in [6.07, 6.45) is 0. The van der Waals surface area contributed by atoms with Crippen molar-refractivity contribution in [3.05, 3.63) is 119 Å². The van der Waals surface area contributed by atoms with Crippen molar-refractivity contribution in [1.29, 1.82) is 0 Å². The lowest BCUT2D eigenvalue weighted by atomic mass is 9.96. The van der Waals surface area contributed by atoms with Crippen LogP contribution in [0.25, 0.3) is 0 Å². The Balaban J connectivity index is 1.38. The van der Waals surface area contributed by atoms with Crippen LogP contribution in [0.5, 0.6) is 0 Å². The molecule has 1 aliphatic rings. The standard InChI is InChI=1S/C33H37N7S/c1-23-15-16-29(21-24(23)2)36-33(41)38-32(37-31-34-25(3)22-26(4)35-31)40-19-17-39(18-20-40)30(27-11-7-5-8-12-27)28-13-9-6-10-14-28/h5-16,21-22,30H,17-20H2,1-4H3,(H2,34,35,36,37,38,41).